The predicted molar refractivity (Wildman–Crippen MR) is 102 cm³/mol. The number of aryl methyl sites for hydroxylation is 1. The van der Waals surface area contributed by atoms with Crippen molar-refractivity contribution in [2.24, 2.45) is 0 Å². The molecule has 3 heterocycles. The summed E-state index contributed by atoms with van der Waals surface area (Å²) in [4.78, 5) is 9.09. The average Bonchev–Trinajstić information content (AvgIpc) is 3.29. The largest absolute Gasteiger partial charge is 0.249 e. The molecular formula is C18H20N4O2S2. The van der Waals surface area contributed by atoms with Crippen LogP contribution in [0.2, 0.25) is 0 Å². The molecule has 136 valence electrons. The van der Waals surface area contributed by atoms with Crippen LogP contribution in [0.5, 0.6) is 0 Å². The molecule has 1 unspecified atom stereocenters. The molecule has 0 N–H and O–H groups in total. The van der Waals surface area contributed by atoms with Gasteiger partial charge in [0.1, 0.15) is 5.82 Å². The van der Waals surface area contributed by atoms with Crippen molar-refractivity contribution in [3.05, 3.63) is 52.2 Å². The molecule has 4 rings (SSSR count). The number of rotatable bonds is 4. The Labute approximate surface area is 156 Å². The standard InChI is InChI=1S/C18H20N4O2S2/c1-13-3-5-14(6-4-13)17-20-16(9-15-10-25-12-19-15)22(21-17)18(2)7-8-26(23,24)11-18/h3-6,10,12H,7-9,11H2,1-2H3. The second-order valence-corrected chi connectivity index (χ2v) is 10.0. The van der Waals surface area contributed by atoms with Crippen LogP contribution < -0.4 is 0 Å². The van der Waals surface area contributed by atoms with Gasteiger partial charge in [0, 0.05) is 10.9 Å². The SMILES string of the molecule is Cc1ccc(-c2nc(Cc3cscn3)n(C3(C)CCS(=O)(=O)C3)n2)cc1. The Kier molecular flexibility index (Phi) is 4.19. The van der Waals surface area contributed by atoms with Crippen LogP contribution in [-0.4, -0.2) is 39.7 Å². The van der Waals surface area contributed by atoms with E-state index < -0.39 is 15.4 Å². The van der Waals surface area contributed by atoms with Crippen LogP contribution in [0.15, 0.2) is 35.2 Å². The van der Waals surface area contributed by atoms with Gasteiger partial charge in [0.2, 0.25) is 0 Å². The summed E-state index contributed by atoms with van der Waals surface area (Å²) in [6.45, 7) is 3.99. The van der Waals surface area contributed by atoms with Crippen molar-refractivity contribution in [3.8, 4) is 11.4 Å². The van der Waals surface area contributed by atoms with Gasteiger partial charge in [-0.3, -0.25) is 0 Å². The molecule has 0 radical (unpaired) electrons. The fourth-order valence-corrected chi connectivity index (χ4v) is 6.03. The summed E-state index contributed by atoms with van der Waals surface area (Å²) in [5.41, 5.74) is 4.24. The Morgan fingerprint density at radius 1 is 1.27 bits per heavy atom. The lowest BCUT2D eigenvalue weighted by Crippen LogP contribution is -2.34. The quantitative estimate of drug-likeness (QED) is 0.687. The molecule has 1 atom stereocenters. The lowest BCUT2D eigenvalue weighted by molar-refractivity contribution is 0.318. The van der Waals surface area contributed by atoms with Crippen LogP contribution in [0, 0.1) is 6.92 Å². The number of hydrogen-bond donors (Lipinski definition) is 0. The van der Waals surface area contributed by atoms with Crippen molar-refractivity contribution >= 4 is 21.2 Å². The molecule has 8 heteroatoms. The molecule has 0 bridgehead atoms. The van der Waals surface area contributed by atoms with Crippen LogP contribution in [-0.2, 0) is 21.8 Å². The van der Waals surface area contributed by atoms with E-state index in [-0.39, 0.29) is 11.5 Å². The van der Waals surface area contributed by atoms with E-state index in [0.29, 0.717) is 18.7 Å². The van der Waals surface area contributed by atoms with E-state index in [0.717, 1.165) is 17.1 Å². The summed E-state index contributed by atoms with van der Waals surface area (Å²) in [6.07, 6.45) is 1.09. The highest BCUT2D eigenvalue weighted by Gasteiger charge is 2.42. The van der Waals surface area contributed by atoms with Crippen molar-refractivity contribution in [2.45, 2.75) is 32.2 Å². The lowest BCUT2D eigenvalue weighted by Gasteiger charge is -2.24. The van der Waals surface area contributed by atoms with Gasteiger partial charge in [0.05, 0.1) is 34.7 Å². The highest BCUT2D eigenvalue weighted by atomic mass is 32.2. The zero-order valence-corrected chi connectivity index (χ0v) is 16.3. The summed E-state index contributed by atoms with van der Waals surface area (Å²) in [5.74, 6) is 1.67. The maximum atomic E-state index is 12.1. The van der Waals surface area contributed by atoms with Crippen LogP contribution >= 0.6 is 11.3 Å². The molecule has 1 fully saturated rings. The van der Waals surface area contributed by atoms with Crippen molar-refractivity contribution < 1.29 is 8.42 Å². The van der Waals surface area contributed by atoms with E-state index in [4.69, 9.17) is 10.1 Å². The third-order valence-electron chi connectivity index (χ3n) is 4.80. The number of benzene rings is 1. The lowest BCUT2D eigenvalue weighted by atomic mass is 10.0. The van der Waals surface area contributed by atoms with Crippen LogP contribution in [0.3, 0.4) is 0 Å². The molecule has 2 aromatic heterocycles. The molecule has 0 saturated carbocycles. The number of nitrogens with zero attached hydrogens (tertiary/aromatic N) is 4. The van der Waals surface area contributed by atoms with Crippen molar-refractivity contribution in [1.82, 2.24) is 19.7 Å². The number of thiazole rings is 1. The number of hydrogen-bond acceptors (Lipinski definition) is 6. The van der Waals surface area contributed by atoms with E-state index in [1.165, 1.54) is 16.9 Å². The number of sulfone groups is 1. The van der Waals surface area contributed by atoms with E-state index >= 15 is 0 Å². The van der Waals surface area contributed by atoms with Gasteiger partial charge in [-0.15, -0.1) is 11.3 Å². The molecule has 0 spiro atoms. The molecule has 26 heavy (non-hydrogen) atoms. The zero-order valence-electron chi connectivity index (χ0n) is 14.7. The second-order valence-electron chi connectivity index (χ2n) is 7.12. The minimum atomic E-state index is -3.04. The highest BCUT2D eigenvalue weighted by molar-refractivity contribution is 7.91. The molecule has 0 amide bonds. The fourth-order valence-electron chi connectivity index (χ4n) is 3.36. The Morgan fingerprint density at radius 2 is 2.04 bits per heavy atom. The predicted octanol–water partition coefficient (Wildman–Crippen LogP) is 2.83. The first-order valence-corrected chi connectivity index (χ1v) is 11.2. The van der Waals surface area contributed by atoms with Crippen LogP contribution in [0.25, 0.3) is 11.4 Å². The van der Waals surface area contributed by atoms with Gasteiger partial charge in [0.15, 0.2) is 15.7 Å². The van der Waals surface area contributed by atoms with Gasteiger partial charge < -0.3 is 0 Å². The number of aromatic nitrogens is 4. The monoisotopic (exact) mass is 388 g/mol. The third kappa shape index (κ3) is 3.31. The normalized spacial score (nSPS) is 21.9. The summed E-state index contributed by atoms with van der Waals surface area (Å²) in [7, 11) is -3.04. The molecule has 3 aromatic rings. The van der Waals surface area contributed by atoms with Gasteiger partial charge in [-0.25, -0.2) is 23.1 Å². The minimum Gasteiger partial charge on any atom is -0.249 e. The van der Waals surface area contributed by atoms with Gasteiger partial charge in [-0.2, -0.15) is 5.10 Å². The molecule has 0 aliphatic carbocycles. The van der Waals surface area contributed by atoms with Crippen molar-refractivity contribution in [1.29, 1.82) is 0 Å². The summed E-state index contributed by atoms with van der Waals surface area (Å²) >= 11 is 1.54. The van der Waals surface area contributed by atoms with Crippen LogP contribution in [0.1, 0.15) is 30.4 Å². The Bertz CT molecular complexity index is 1020. The Hall–Kier alpha value is -2.06. The molecule has 6 nitrogen and oxygen atoms in total. The molecule has 1 saturated heterocycles. The maximum Gasteiger partial charge on any atom is 0.181 e. The molecule has 1 aromatic carbocycles. The van der Waals surface area contributed by atoms with Crippen molar-refractivity contribution in [2.75, 3.05) is 11.5 Å². The van der Waals surface area contributed by atoms with E-state index in [1.807, 2.05) is 48.2 Å². The average molecular weight is 389 g/mol. The van der Waals surface area contributed by atoms with Gasteiger partial charge in [-0.05, 0) is 20.3 Å². The smallest absolute Gasteiger partial charge is 0.181 e. The van der Waals surface area contributed by atoms with E-state index in [2.05, 4.69) is 4.98 Å². The first-order valence-electron chi connectivity index (χ1n) is 8.46. The van der Waals surface area contributed by atoms with Gasteiger partial charge >= 0.3 is 0 Å². The summed E-state index contributed by atoms with van der Waals surface area (Å²) in [5, 5.41) is 6.71. The van der Waals surface area contributed by atoms with Gasteiger partial charge in [0.25, 0.3) is 0 Å². The van der Waals surface area contributed by atoms with Gasteiger partial charge in [-0.1, -0.05) is 29.8 Å². The van der Waals surface area contributed by atoms with E-state index in [9.17, 15) is 8.42 Å². The molecule has 1 aliphatic rings. The van der Waals surface area contributed by atoms with Crippen molar-refractivity contribution in [3.63, 3.8) is 0 Å². The fraction of sp³-hybridized carbons (Fsp3) is 0.389. The summed E-state index contributed by atoms with van der Waals surface area (Å²) < 4.78 is 26.0. The minimum absolute atomic E-state index is 0.0980. The topological polar surface area (TPSA) is 77.7 Å². The maximum absolute atomic E-state index is 12.1. The highest BCUT2D eigenvalue weighted by Crippen LogP contribution is 2.32. The summed E-state index contributed by atoms with van der Waals surface area (Å²) in [6, 6.07) is 8.04. The van der Waals surface area contributed by atoms with E-state index in [1.54, 1.807) is 5.51 Å². The van der Waals surface area contributed by atoms with Crippen LogP contribution in [0.4, 0.5) is 0 Å². The zero-order chi connectivity index (χ0) is 18.4. The Balaban J connectivity index is 1.79. The first kappa shape index (κ1) is 17.4. The Morgan fingerprint density at radius 3 is 2.65 bits per heavy atom. The second kappa shape index (κ2) is 6.28. The third-order valence-corrected chi connectivity index (χ3v) is 7.32. The molecule has 1 aliphatic heterocycles. The first-order chi connectivity index (χ1) is 12.3. The molecular weight excluding hydrogens is 368 g/mol.